The number of halogens is 1. The van der Waals surface area contributed by atoms with Crippen molar-refractivity contribution >= 4 is 34.8 Å². The van der Waals surface area contributed by atoms with Crippen LogP contribution in [0.25, 0.3) is 0 Å². The monoisotopic (exact) mass is 464 g/mol. The highest BCUT2D eigenvalue weighted by atomic mass is 35.5. The van der Waals surface area contributed by atoms with Gasteiger partial charge in [-0.25, -0.2) is 0 Å². The highest BCUT2D eigenvalue weighted by molar-refractivity contribution is 7.09. The van der Waals surface area contributed by atoms with Crippen molar-refractivity contribution in [1.82, 2.24) is 9.80 Å². The fourth-order valence-corrected chi connectivity index (χ4v) is 3.98. The van der Waals surface area contributed by atoms with Crippen molar-refractivity contribution in [3.8, 4) is 11.5 Å². The molecule has 1 aromatic heterocycles. The van der Waals surface area contributed by atoms with Crippen LogP contribution < -0.4 is 9.47 Å². The number of carbonyl (C=O) groups excluding carboxylic acids is 2. The molecule has 168 valence electrons. The topological polar surface area (TPSA) is 59.1 Å². The number of rotatable bonds is 13. The van der Waals surface area contributed by atoms with Gasteiger partial charge < -0.3 is 19.3 Å². The van der Waals surface area contributed by atoms with Gasteiger partial charge in [0, 0.05) is 30.3 Å². The minimum Gasteiger partial charge on any atom is -0.493 e. The lowest BCUT2D eigenvalue weighted by molar-refractivity contribution is -0.140. The van der Waals surface area contributed by atoms with Crippen molar-refractivity contribution in [2.75, 3.05) is 39.7 Å². The van der Waals surface area contributed by atoms with E-state index in [1.54, 1.807) is 36.5 Å². The number of hydrogen-bond acceptors (Lipinski definition) is 5. The molecule has 0 aliphatic carbocycles. The highest BCUT2D eigenvalue weighted by Crippen LogP contribution is 2.27. The first kappa shape index (κ1) is 24.8. The number of methoxy groups -OCH3 is 2. The Labute approximate surface area is 193 Å². The molecule has 31 heavy (non-hydrogen) atoms. The summed E-state index contributed by atoms with van der Waals surface area (Å²) in [6.07, 6.45) is 2.46. The molecule has 0 saturated heterocycles. The second-order valence-electron chi connectivity index (χ2n) is 6.84. The summed E-state index contributed by atoms with van der Waals surface area (Å²) in [5.74, 6) is 1.27. The number of thiophene rings is 1. The minimum absolute atomic E-state index is 0.000941. The Bertz CT molecular complexity index is 857. The lowest BCUT2D eigenvalue weighted by Crippen LogP contribution is -2.43. The molecule has 0 atom stereocenters. The summed E-state index contributed by atoms with van der Waals surface area (Å²) >= 11 is 7.31. The number of carbonyl (C=O) groups is 2. The van der Waals surface area contributed by atoms with Gasteiger partial charge in [-0.1, -0.05) is 18.2 Å². The summed E-state index contributed by atoms with van der Waals surface area (Å²) < 4.78 is 10.7. The summed E-state index contributed by atoms with van der Waals surface area (Å²) in [7, 11) is 3.19. The van der Waals surface area contributed by atoms with Crippen LogP contribution in [-0.4, -0.2) is 61.3 Å². The Hall–Kier alpha value is -2.51. The molecule has 0 spiro atoms. The number of hydrogen-bond donors (Lipinski definition) is 0. The maximum absolute atomic E-state index is 13.1. The molecule has 2 rings (SSSR count). The lowest BCUT2D eigenvalue weighted by Gasteiger charge is -2.27. The first-order valence-electron chi connectivity index (χ1n) is 9.98. The van der Waals surface area contributed by atoms with Gasteiger partial charge in [0.25, 0.3) is 0 Å². The van der Waals surface area contributed by atoms with Gasteiger partial charge in [-0.05, 0) is 35.6 Å². The molecule has 0 N–H and O–H groups in total. The molecule has 0 saturated carbocycles. The van der Waals surface area contributed by atoms with Gasteiger partial charge in [0.1, 0.15) is 6.54 Å². The van der Waals surface area contributed by atoms with Crippen molar-refractivity contribution < 1.29 is 19.1 Å². The van der Waals surface area contributed by atoms with E-state index in [0.717, 1.165) is 10.4 Å². The zero-order valence-corrected chi connectivity index (χ0v) is 19.6. The largest absolute Gasteiger partial charge is 0.493 e. The quantitative estimate of drug-likeness (QED) is 0.332. The second kappa shape index (κ2) is 13.0. The predicted octanol–water partition coefficient (Wildman–Crippen LogP) is 3.98. The van der Waals surface area contributed by atoms with Gasteiger partial charge >= 0.3 is 0 Å². The molecule has 6 nitrogen and oxygen atoms in total. The molecule has 0 bridgehead atoms. The number of amides is 2. The minimum atomic E-state index is -0.154. The molecular weight excluding hydrogens is 436 g/mol. The van der Waals surface area contributed by atoms with E-state index in [1.165, 1.54) is 4.90 Å². The van der Waals surface area contributed by atoms with E-state index < -0.39 is 0 Å². The van der Waals surface area contributed by atoms with Crippen LogP contribution in [0.1, 0.15) is 16.9 Å². The van der Waals surface area contributed by atoms with Crippen LogP contribution in [0.3, 0.4) is 0 Å². The van der Waals surface area contributed by atoms with Crippen LogP contribution in [0.2, 0.25) is 0 Å². The SMILES string of the molecule is C=CCN(CC(=O)N(CCc1ccc(OC)c(OC)c1)Cc1cccs1)C(=O)CCCl. The standard InChI is InChI=1S/C23H29ClN2O4S/c1-4-12-25(22(27)9-11-24)17-23(28)26(16-19-6-5-14-31-19)13-10-18-7-8-20(29-2)21(15-18)30-3/h4-8,14-15H,1,9-13,16-17H2,2-3H3. The fraction of sp³-hybridized carbons (Fsp3) is 0.391. The molecule has 1 aromatic carbocycles. The molecule has 2 amide bonds. The molecule has 0 aliphatic heterocycles. The number of nitrogens with zero attached hydrogens (tertiary/aromatic N) is 2. The van der Waals surface area contributed by atoms with Crippen LogP contribution in [0.4, 0.5) is 0 Å². The molecule has 0 unspecified atom stereocenters. The zero-order valence-electron chi connectivity index (χ0n) is 18.0. The van der Waals surface area contributed by atoms with Crippen molar-refractivity contribution in [3.05, 3.63) is 58.8 Å². The van der Waals surface area contributed by atoms with E-state index in [2.05, 4.69) is 6.58 Å². The molecular formula is C23H29ClN2O4S. The van der Waals surface area contributed by atoms with Crippen molar-refractivity contribution in [2.45, 2.75) is 19.4 Å². The average molecular weight is 465 g/mol. The molecule has 8 heteroatoms. The van der Waals surface area contributed by atoms with Gasteiger partial charge in [0.05, 0.1) is 20.8 Å². The van der Waals surface area contributed by atoms with Crippen molar-refractivity contribution in [1.29, 1.82) is 0 Å². The molecule has 1 heterocycles. The van der Waals surface area contributed by atoms with Crippen LogP contribution in [0.15, 0.2) is 48.4 Å². The van der Waals surface area contributed by atoms with E-state index in [4.69, 9.17) is 21.1 Å². The van der Waals surface area contributed by atoms with Gasteiger partial charge in [0.15, 0.2) is 11.5 Å². The molecule has 2 aromatic rings. The maximum atomic E-state index is 13.1. The van der Waals surface area contributed by atoms with E-state index in [9.17, 15) is 9.59 Å². The lowest BCUT2D eigenvalue weighted by atomic mass is 10.1. The maximum Gasteiger partial charge on any atom is 0.242 e. The summed E-state index contributed by atoms with van der Waals surface area (Å²) in [5.41, 5.74) is 1.03. The first-order chi connectivity index (χ1) is 15.0. The highest BCUT2D eigenvalue weighted by Gasteiger charge is 2.21. The van der Waals surface area contributed by atoms with Crippen LogP contribution in [-0.2, 0) is 22.6 Å². The van der Waals surface area contributed by atoms with Crippen LogP contribution in [0, 0.1) is 0 Å². The average Bonchev–Trinajstić information content (AvgIpc) is 3.29. The van der Waals surface area contributed by atoms with Crippen LogP contribution >= 0.6 is 22.9 Å². The summed E-state index contributed by atoms with van der Waals surface area (Å²) in [6.45, 7) is 5.01. The normalized spacial score (nSPS) is 10.4. The number of ether oxygens (including phenoxy) is 2. The van der Waals surface area contributed by atoms with Crippen molar-refractivity contribution in [3.63, 3.8) is 0 Å². The summed E-state index contributed by atoms with van der Waals surface area (Å²) in [6, 6.07) is 9.70. The predicted molar refractivity (Wildman–Crippen MR) is 125 cm³/mol. The first-order valence-corrected chi connectivity index (χ1v) is 11.4. The van der Waals surface area contributed by atoms with E-state index in [0.29, 0.717) is 37.6 Å². The van der Waals surface area contributed by atoms with Gasteiger partial charge in [-0.3, -0.25) is 9.59 Å². The molecule has 0 aliphatic rings. The van der Waals surface area contributed by atoms with E-state index in [1.807, 2.05) is 35.7 Å². The number of benzene rings is 1. The third kappa shape index (κ3) is 7.60. The summed E-state index contributed by atoms with van der Waals surface area (Å²) in [5, 5.41) is 1.99. The second-order valence-corrected chi connectivity index (χ2v) is 8.25. The van der Waals surface area contributed by atoms with Gasteiger partial charge in [0.2, 0.25) is 11.8 Å². The summed E-state index contributed by atoms with van der Waals surface area (Å²) in [4.78, 5) is 29.8. The molecule has 0 radical (unpaired) electrons. The Morgan fingerprint density at radius 3 is 2.52 bits per heavy atom. The number of alkyl halides is 1. The van der Waals surface area contributed by atoms with Gasteiger partial charge in [-0.2, -0.15) is 0 Å². The Morgan fingerprint density at radius 1 is 1.13 bits per heavy atom. The molecule has 0 fully saturated rings. The van der Waals surface area contributed by atoms with Gasteiger partial charge in [-0.15, -0.1) is 29.5 Å². The Balaban J connectivity index is 2.13. The zero-order chi connectivity index (χ0) is 22.6. The van der Waals surface area contributed by atoms with E-state index >= 15 is 0 Å². The fourth-order valence-electron chi connectivity index (χ4n) is 3.10. The Morgan fingerprint density at radius 2 is 1.90 bits per heavy atom. The Kier molecular flexibility index (Phi) is 10.4. The van der Waals surface area contributed by atoms with Crippen molar-refractivity contribution in [2.24, 2.45) is 0 Å². The smallest absolute Gasteiger partial charge is 0.242 e. The van der Waals surface area contributed by atoms with E-state index in [-0.39, 0.29) is 30.7 Å². The van der Waals surface area contributed by atoms with Crippen LogP contribution in [0.5, 0.6) is 11.5 Å². The third-order valence-corrected chi connectivity index (χ3v) is 5.78. The third-order valence-electron chi connectivity index (χ3n) is 4.73.